The van der Waals surface area contributed by atoms with Crippen LogP contribution in [0.15, 0.2) is 24.3 Å². The zero-order chi connectivity index (χ0) is 16.5. The maximum absolute atomic E-state index is 11.7. The minimum Gasteiger partial charge on any atom is -0.463 e. The highest BCUT2D eigenvalue weighted by molar-refractivity contribution is 5.88. The van der Waals surface area contributed by atoms with Crippen LogP contribution < -0.4 is 10.6 Å². The number of anilines is 1. The van der Waals surface area contributed by atoms with E-state index in [9.17, 15) is 14.4 Å². The first-order valence-electron chi connectivity index (χ1n) is 7.19. The van der Waals surface area contributed by atoms with Crippen LogP contribution in [-0.2, 0) is 25.5 Å². The maximum atomic E-state index is 11.7. The molecule has 0 atom stereocenters. The van der Waals surface area contributed by atoms with Crippen LogP contribution in [0.5, 0.6) is 0 Å². The molecule has 0 spiro atoms. The van der Waals surface area contributed by atoms with Crippen LogP contribution in [0, 0.1) is 0 Å². The van der Waals surface area contributed by atoms with E-state index in [2.05, 4.69) is 10.6 Å². The quantitative estimate of drug-likeness (QED) is 0.750. The van der Waals surface area contributed by atoms with Gasteiger partial charge in [0.25, 0.3) is 0 Å². The fraction of sp³-hybridized carbons (Fsp3) is 0.438. The van der Waals surface area contributed by atoms with Crippen molar-refractivity contribution in [3.8, 4) is 0 Å². The molecule has 22 heavy (non-hydrogen) atoms. The first-order valence-corrected chi connectivity index (χ1v) is 7.19. The molecule has 1 aromatic carbocycles. The van der Waals surface area contributed by atoms with Gasteiger partial charge in [0, 0.05) is 19.2 Å². The number of nitrogens with one attached hydrogen (secondary N) is 2. The fourth-order valence-corrected chi connectivity index (χ4v) is 1.78. The number of rotatable bonds is 7. The summed E-state index contributed by atoms with van der Waals surface area (Å²) in [6.45, 7) is 5.25. The van der Waals surface area contributed by atoms with Gasteiger partial charge in [0.15, 0.2) is 0 Å². The Morgan fingerprint density at radius 1 is 1.14 bits per heavy atom. The van der Waals surface area contributed by atoms with Crippen molar-refractivity contribution in [3.63, 3.8) is 0 Å². The minimum atomic E-state index is -0.324. The van der Waals surface area contributed by atoms with Crippen LogP contribution in [0.25, 0.3) is 0 Å². The molecule has 0 aliphatic carbocycles. The van der Waals surface area contributed by atoms with E-state index < -0.39 is 0 Å². The Morgan fingerprint density at radius 2 is 1.77 bits per heavy atom. The lowest BCUT2D eigenvalue weighted by atomic mass is 10.1. The molecule has 0 aliphatic heterocycles. The number of hydrogen-bond donors (Lipinski definition) is 2. The molecule has 0 aromatic heterocycles. The van der Waals surface area contributed by atoms with Gasteiger partial charge in [0.05, 0.1) is 18.9 Å². The Bertz CT molecular complexity index is 523. The highest BCUT2D eigenvalue weighted by Crippen LogP contribution is 2.09. The molecular formula is C16H22N2O4. The highest BCUT2D eigenvalue weighted by atomic mass is 16.5. The standard InChI is InChI=1S/C16H22N2O4/c1-11(2)22-16(21)8-9-17-15(20)10-13-4-6-14(7-5-13)18-12(3)19/h4-7,11H,8-10H2,1-3H3,(H,17,20)(H,18,19). The molecule has 0 aliphatic rings. The van der Waals surface area contributed by atoms with Crippen LogP contribution in [-0.4, -0.2) is 30.4 Å². The molecule has 6 nitrogen and oxygen atoms in total. The Labute approximate surface area is 130 Å². The molecular weight excluding hydrogens is 284 g/mol. The van der Waals surface area contributed by atoms with Crippen molar-refractivity contribution in [2.75, 3.05) is 11.9 Å². The summed E-state index contributed by atoms with van der Waals surface area (Å²) < 4.78 is 4.97. The van der Waals surface area contributed by atoms with Gasteiger partial charge < -0.3 is 15.4 Å². The summed E-state index contributed by atoms with van der Waals surface area (Å²) >= 11 is 0. The predicted octanol–water partition coefficient (Wildman–Crippen LogP) is 1.65. The van der Waals surface area contributed by atoms with E-state index in [4.69, 9.17) is 4.74 Å². The molecule has 1 rings (SSSR count). The smallest absolute Gasteiger partial charge is 0.307 e. The van der Waals surface area contributed by atoms with Gasteiger partial charge >= 0.3 is 5.97 Å². The predicted molar refractivity (Wildman–Crippen MR) is 83.3 cm³/mol. The molecule has 0 bridgehead atoms. The molecule has 2 amide bonds. The normalized spacial score (nSPS) is 10.2. The van der Waals surface area contributed by atoms with Crippen LogP contribution in [0.3, 0.4) is 0 Å². The van der Waals surface area contributed by atoms with Gasteiger partial charge in [-0.25, -0.2) is 0 Å². The lowest BCUT2D eigenvalue weighted by Crippen LogP contribution is -2.28. The molecule has 0 heterocycles. The summed E-state index contributed by atoms with van der Waals surface area (Å²) in [5, 5.41) is 5.33. The number of carbonyl (C=O) groups excluding carboxylic acids is 3. The molecule has 0 radical (unpaired) electrons. The Balaban J connectivity index is 2.33. The molecule has 120 valence electrons. The highest BCUT2D eigenvalue weighted by Gasteiger charge is 2.07. The number of esters is 1. The number of benzene rings is 1. The van der Waals surface area contributed by atoms with E-state index >= 15 is 0 Å². The second kappa shape index (κ2) is 8.81. The SMILES string of the molecule is CC(=O)Nc1ccc(CC(=O)NCCC(=O)OC(C)C)cc1. The van der Waals surface area contributed by atoms with E-state index in [0.29, 0.717) is 5.69 Å². The molecule has 2 N–H and O–H groups in total. The molecule has 0 fully saturated rings. The van der Waals surface area contributed by atoms with Crippen molar-refractivity contribution in [3.05, 3.63) is 29.8 Å². The van der Waals surface area contributed by atoms with Crippen LogP contribution in [0.1, 0.15) is 32.8 Å². The third-order valence-corrected chi connectivity index (χ3v) is 2.66. The Hall–Kier alpha value is -2.37. The fourth-order valence-electron chi connectivity index (χ4n) is 1.78. The summed E-state index contributed by atoms with van der Waals surface area (Å²) in [7, 11) is 0. The maximum Gasteiger partial charge on any atom is 0.307 e. The van der Waals surface area contributed by atoms with Gasteiger partial charge in [0.2, 0.25) is 11.8 Å². The monoisotopic (exact) mass is 306 g/mol. The summed E-state index contributed by atoms with van der Waals surface area (Å²) in [5.41, 5.74) is 1.52. The zero-order valence-corrected chi connectivity index (χ0v) is 13.1. The van der Waals surface area contributed by atoms with Crippen molar-refractivity contribution in [1.29, 1.82) is 0 Å². The molecule has 0 unspecified atom stereocenters. The average molecular weight is 306 g/mol. The van der Waals surface area contributed by atoms with Crippen molar-refractivity contribution in [1.82, 2.24) is 5.32 Å². The van der Waals surface area contributed by atoms with Crippen LogP contribution in [0.4, 0.5) is 5.69 Å². The number of hydrogen-bond acceptors (Lipinski definition) is 4. The lowest BCUT2D eigenvalue weighted by molar-refractivity contribution is -0.147. The van der Waals surface area contributed by atoms with Crippen molar-refractivity contribution in [2.45, 2.75) is 39.7 Å². The minimum absolute atomic E-state index is 0.140. The summed E-state index contributed by atoms with van der Waals surface area (Å²) in [4.78, 5) is 34.0. The third kappa shape index (κ3) is 7.42. The van der Waals surface area contributed by atoms with Gasteiger partial charge in [0.1, 0.15) is 0 Å². The first-order chi connectivity index (χ1) is 10.4. The van der Waals surface area contributed by atoms with Crippen LogP contribution >= 0.6 is 0 Å². The van der Waals surface area contributed by atoms with E-state index in [0.717, 1.165) is 5.56 Å². The van der Waals surface area contributed by atoms with Crippen LogP contribution in [0.2, 0.25) is 0 Å². The van der Waals surface area contributed by atoms with Gasteiger partial charge in [-0.2, -0.15) is 0 Å². The second-order valence-electron chi connectivity index (χ2n) is 5.19. The summed E-state index contributed by atoms with van der Waals surface area (Å²) in [6.07, 6.45) is 0.232. The Kier molecular flexibility index (Phi) is 7.08. The molecule has 6 heteroatoms. The second-order valence-corrected chi connectivity index (χ2v) is 5.19. The van der Waals surface area contributed by atoms with Crippen molar-refractivity contribution in [2.24, 2.45) is 0 Å². The van der Waals surface area contributed by atoms with Gasteiger partial charge in [-0.3, -0.25) is 14.4 Å². The first kappa shape index (κ1) is 17.7. The van der Waals surface area contributed by atoms with E-state index in [1.54, 1.807) is 38.1 Å². The van der Waals surface area contributed by atoms with E-state index in [1.807, 2.05) is 0 Å². The van der Waals surface area contributed by atoms with Gasteiger partial charge in [-0.1, -0.05) is 12.1 Å². The number of carbonyl (C=O) groups is 3. The summed E-state index contributed by atoms with van der Waals surface area (Å²) in [5.74, 6) is -0.627. The largest absolute Gasteiger partial charge is 0.463 e. The molecule has 0 saturated carbocycles. The average Bonchev–Trinajstić information content (AvgIpc) is 2.39. The topological polar surface area (TPSA) is 84.5 Å². The number of ether oxygens (including phenoxy) is 1. The van der Waals surface area contributed by atoms with Gasteiger partial charge in [-0.05, 0) is 31.5 Å². The van der Waals surface area contributed by atoms with Gasteiger partial charge in [-0.15, -0.1) is 0 Å². The Morgan fingerprint density at radius 3 is 2.32 bits per heavy atom. The molecule has 1 aromatic rings. The van der Waals surface area contributed by atoms with Crippen molar-refractivity contribution < 1.29 is 19.1 Å². The zero-order valence-electron chi connectivity index (χ0n) is 13.1. The number of amides is 2. The van der Waals surface area contributed by atoms with E-state index in [-0.39, 0.29) is 43.3 Å². The lowest BCUT2D eigenvalue weighted by Gasteiger charge is -2.09. The van der Waals surface area contributed by atoms with Crippen molar-refractivity contribution >= 4 is 23.5 Å². The summed E-state index contributed by atoms with van der Waals surface area (Å²) in [6, 6.07) is 7.03. The third-order valence-electron chi connectivity index (χ3n) is 2.66. The van der Waals surface area contributed by atoms with E-state index in [1.165, 1.54) is 6.92 Å². The molecule has 0 saturated heterocycles.